The molecule has 1 heterocycles. The van der Waals surface area contributed by atoms with Crippen molar-refractivity contribution in [2.24, 2.45) is 11.7 Å². The van der Waals surface area contributed by atoms with Crippen LogP contribution in [0.3, 0.4) is 0 Å². The van der Waals surface area contributed by atoms with E-state index in [2.05, 4.69) is 44.9 Å². The van der Waals surface area contributed by atoms with Crippen LogP contribution in [-0.2, 0) is 5.41 Å². The van der Waals surface area contributed by atoms with Crippen molar-refractivity contribution in [3.8, 4) is 0 Å². The van der Waals surface area contributed by atoms with E-state index in [0.29, 0.717) is 12.6 Å². The normalized spacial score (nSPS) is 18.6. The summed E-state index contributed by atoms with van der Waals surface area (Å²) in [6.07, 6.45) is 4.22. The van der Waals surface area contributed by atoms with Crippen LogP contribution in [0, 0.1) is 5.92 Å². The molecule has 0 aliphatic heterocycles. The fourth-order valence-corrected chi connectivity index (χ4v) is 3.90. The molecule has 1 fully saturated rings. The van der Waals surface area contributed by atoms with Crippen molar-refractivity contribution in [3.63, 3.8) is 0 Å². The monoisotopic (exact) mass is 280 g/mol. The third kappa shape index (κ3) is 3.59. The second-order valence-corrected chi connectivity index (χ2v) is 8.06. The minimum atomic E-state index is 0.245. The summed E-state index contributed by atoms with van der Waals surface area (Å²) < 4.78 is 0. The first-order chi connectivity index (χ1) is 8.91. The molecule has 0 amide bonds. The lowest BCUT2D eigenvalue weighted by molar-refractivity contribution is 0.166. The number of nitrogens with two attached hydrogens (primary N) is 1. The van der Waals surface area contributed by atoms with E-state index in [0.717, 1.165) is 5.92 Å². The van der Waals surface area contributed by atoms with Gasteiger partial charge in [0.25, 0.3) is 0 Å². The Labute approximate surface area is 122 Å². The van der Waals surface area contributed by atoms with Gasteiger partial charge in [-0.15, -0.1) is 11.3 Å². The topological polar surface area (TPSA) is 29.3 Å². The molecule has 0 saturated heterocycles. The lowest BCUT2D eigenvalue weighted by Crippen LogP contribution is -2.35. The molecule has 1 aromatic rings. The van der Waals surface area contributed by atoms with Crippen LogP contribution in [0.1, 0.15) is 55.8 Å². The molecule has 108 valence electrons. The Kier molecular flexibility index (Phi) is 4.70. The molecule has 0 aromatic carbocycles. The molecule has 2 N–H and O–H groups in total. The van der Waals surface area contributed by atoms with E-state index in [9.17, 15) is 0 Å². The maximum absolute atomic E-state index is 6.02. The average Bonchev–Trinajstić information content (AvgIpc) is 2.73. The number of thiophene rings is 1. The first-order valence-corrected chi connectivity index (χ1v) is 8.24. The summed E-state index contributed by atoms with van der Waals surface area (Å²) in [5.74, 6) is 0.904. The minimum Gasteiger partial charge on any atom is -0.329 e. The van der Waals surface area contributed by atoms with E-state index >= 15 is 0 Å². The van der Waals surface area contributed by atoms with Gasteiger partial charge in [0.05, 0.1) is 6.04 Å². The Morgan fingerprint density at radius 2 is 2.05 bits per heavy atom. The van der Waals surface area contributed by atoms with Gasteiger partial charge in [-0.2, -0.15) is 0 Å². The van der Waals surface area contributed by atoms with Crippen LogP contribution in [0.4, 0.5) is 0 Å². The van der Waals surface area contributed by atoms with Crippen molar-refractivity contribution in [2.75, 3.05) is 20.1 Å². The van der Waals surface area contributed by atoms with Crippen molar-refractivity contribution < 1.29 is 0 Å². The molecule has 1 aromatic heterocycles. The number of rotatable bonds is 5. The van der Waals surface area contributed by atoms with E-state index in [1.54, 1.807) is 0 Å². The number of likely N-dealkylation sites (N-methyl/N-ethyl adjacent to an activating group) is 1. The molecule has 1 aliphatic carbocycles. The summed E-state index contributed by atoms with van der Waals surface area (Å²) in [4.78, 5) is 5.34. The van der Waals surface area contributed by atoms with Gasteiger partial charge in [0.1, 0.15) is 0 Å². The summed E-state index contributed by atoms with van der Waals surface area (Å²) in [5.41, 5.74) is 6.27. The van der Waals surface area contributed by atoms with Gasteiger partial charge in [-0.3, -0.25) is 4.90 Å². The summed E-state index contributed by atoms with van der Waals surface area (Å²) in [7, 11) is 2.23. The fraction of sp³-hybridized carbons (Fsp3) is 0.750. The standard InChI is InChI=1S/C16H28N2S/c1-16(2,3)15-9-8-14(19-15)13(10-17)18(4)11-12-6-5-7-12/h8-9,12-13H,5-7,10-11,17H2,1-4H3. The maximum atomic E-state index is 6.02. The van der Waals surface area contributed by atoms with E-state index in [-0.39, 0.29) is 5.41 Å². The number of hydrogen-bond acceptors (Lipinski definition) is 3. The molecule has 0 radical (unpaired) electrons. The molecule has 2 rings (SSSR count). The fourth-order valence-electron chi connectivity index (χ4n) is 2.66. The molecule has 2 nitrogen and oxygen atoms in total. The van der Waals surface area contributed by atoms with E-state index in [1.165, 1.54) is 35.6 Å². The predicted octanol–water partition coefficient (Wildman–Crippen LogP) is 3.78. The molecule has 1 saturated carbocycles. The van der Waals surface area contributed by atoms with E-state index in [1.807, 2.05) is 11.3 Å². The van der Waals surface area contributed by atoms with Crippen LogP contribution in [0.2, 0.25) is 0 Å². The van der Waals surface area contributed by atoms with Crippen LogP contribution in [-0.4, -0.2) is 25.0 Å². The second kappa shape index (κ2) is 5.94. The summed E-state index contributed by atoms with van der Waals surface area (Å²) in [5, 5.41) is 0. The first-order valence-electron chi connectivity index (χ1n) is 7.42. The van der Waals surface area contributed by atoms with Crippen molar-refractivity contribution in [2.45, 2.75) is 51.5 Å². The Hall–Kier alpha value is -0.380. The SMILES string of the molecule is CN(CC1CCC1)C(CN)c1ccc(C(C)(C)C)s1. The average molecular weight is 280 g/mol. The highest BCUT2D eigenvalue weighted by Crippen LogP contribution is 2.35. The number of nitrogens with zero attached hydrogens (tertiary/aromatic N) is 1. The third-order valence-corrected chi connectivity index (χ3v) is 5.83. The zero-order valence-electron chi connectivity index (χ0n) is 12.8. The first kappa shape index (κ1) is 15.0. The van der Waals surface area contributed by atoms with Crippen LogP contribution >= 0.6 is 11.3 Å². The Morgan fingerprint density at radius 3 is 2.47 bits per heavy atom. The maximum Gasteiger partial charge on any atom is 0.0562 e. The summed E-state index contributed by atoms with van der Waals surface area (Å²) in [6.45, 7) is 8.74. The highest BCUT2D eigenvalue weighted by molar-refractivity contribution is 7.12. The summed E-state index contributed by atoms with van der Waals surface area (Å²) in [6, 6.07) is 4.95. The zero-order chi connectivity index (χ0) is 14.0. The van der Waals surface area contributed by atoms with Crippen molar-refractivity contribution in [1.82, 2.24) is 4.90 Å². The largest absolute Gasteiger partial charge is 0.329 e. The van der Waals surface area contributed by atoms with Crippen LogP contribution < -0.4 is 5.73 Å². The summed E-state index contributed by atoms with van der Waals surface area (Å²) >= 11 is 1.93. The molecule has 1 unspecified atom stereocenters. The van der Waals surface area contributed by atoms with Gasteiger partial charge in [0, 0.05) is 22.8 Å². The van der Waals surface area contributed by atoms with Crippen molar-refractivity contribution in [1.29, 1.82) is 0 Å². The molecule has 19 heavy (non-hydrogen) atoms. The van der Waals surface area contributed by atoms with E-state index in [4.69, 9.17) is 5.73 Å². The molecular formula is C16H28N2S. The lowest BCUT2D eigenvalue weighted by atomic mass is 9.85. The van der Waals surface area contributed by atoms with Gasteiger partial charge in [-0.25, -0.2) is 0 Å². The zero-order valence-corrected chi connectivity index (χ0v) is 13.6. The minimum absolute atomic E-state index is 0.245. The van der Waals surface area contributed by atoms with Gasteiger partial charge in [-0.1, -0.05) is 27.2 Å². The second-order valence-electron chi connectivity index (χ2n) is 6.94. The molecule has 1 aliphatic rings. The van der Waals surface area contributed by atoms with Crippen LogP contribution in [0.15, 0.2) is 12.1 Å². The van der Waals surface area contributed by atoms with E-state index < -0.39 is 0 Å². The molecule has 0 spiro atoms. The highest BCUT2D eigenvalue weighted by Gasteiger charge is 2.25. The molecular weight excluding hydrogens is 252 g/mol. The number of hydrogen-bond donors (Lipinski definition) is 1. The smallest absolute Gasteiger partial charge is 0.0562 e. The van der Waals surface area contributed by atoms with Gasteiger partial charge in [-0.05, 0) is 43.4 Å². The Balaban J connectivity index is 2.05. The van der Waals surface area contributed by atoms with Crippen LogP contribution in [0.5, 0.6) is 0 Å². The van der Waals surface area contributed by atoms with Gasteiger partial charge >= 0.3 is 0 Å². The van der Waals surface area contributed by atoms with Gasteiger partial charge < -0.3 is 5.73 Å². The molecule has 0 bridgehead atoms. The Bertz CT molecular complexity index is 401. The quantitative estimate of drug-likeness (QED) is 0.889. The van der Waals surface area contributed by atoms with Crippen LogP contribution in [0.25, 0.3) is 0 Å². The predicted molar refractivity (Wildman–Crippen MR) is 84.8 cm³/mol. The third-order valence-electron chi connectivity index (χ3n) is 4.22. The molecule has 1 atom stereocenters. The van der Waals surface area contributed by atoms with Gasteiger partial charge in [0.2, 0.25) is 0 Å². The Morgan fingerprint density at radius 1 is 1.37 bits per heavy atom. The lowest BCUT2D eigenvalue weighted by Gasteiger charge is -2.34. The molecule has 3 heteroatoms. The van der Waals surface area contributed by atoms with Crippen molar-refractivity contribution >= 4 is 11.3 Å². The van der Waals surface area contributed by atoms with Crippen molar-refractivity contribution in [3.05, 3.63) is 21.9 Å². The highest BCUT2D eigenvalue weighted by atomic mass is 32.1. The van der Waals surface area contributed by atoms with Gasteiger partial charge in [0.15, 0.2) is 0 Å².